The summed E-state index contributed by atoms with van der Waals surface area (Å²) >= 11 is 1.03. The van der Waals surface area contributed by atoms with E-state index < -0.39 is 5.97 Å². The van der Waals surface area contributed by atoms with Crippen LogP contribution in [0.15, 0.2) is 5.38 Å². The van der Waals surface area contributed by atoms with Crippen LogP contribution in [0, 0.1) is 5.41 Å². The normalized spacial score (nSPS) is 13.2. The van der Waals surface area contributed by atoms with E-state index in [1.165, 1.54) is 5.38 Å². The van der Waals surface area contributed by atoms with Crippen LogP contribution < -0.4 is 5.32 Å². The van der Waals surface area contributed by atoms with Gasteiger partial charge >= 0.3 is 5.97 Å². The first-order valence-electron chi connectivity index (χ1n) is 5.21. The smallest absolute Gasteiger partial charge is 0.355 e. The van der Waals surface area contributed by atoms with Gasteiger partial charge in [-0.25, -0.2) is 9.78 Å². The Morgan fingerprint density at radius 1 is 1.47 bits per heavy atom. The lowest BCUT2D eigenvalue weighted by Crippen LogP contribution is -2.41. The average molecular weight is 256 g/mol. The van der Waals surface area contributed by atoms with E-state index in [2.05, 4.69) is 10.3 Å². The van der Waals surface area contributed by atoms with Gasteiger partial charge in [-0.15, -0.1) is 11.3 Å². The topological polar surface area (TPSA) is 79.3 Å². The molecule has 0 bridgehead atoms. The molecular weight excluding hydrogens is 240 g/mol. The Bertz CT molecular complexity index is 434. The van der Waals surface area contributed by atoms with Gasteiger partial charge in [0.25, 0.3) is 5.91 Å². The highest BCUT2D eigenvalue weighted by Gasteiger charge is 2.23. The third-order valence-electron chi connectivity index (χ3n) is 2.56. The van der Waals surface area contributed by atoms with Gasteiger partial charge in [0.2, 0.25) is 0 Å². The highest BCUT2D eigenvalue weighted by molar-refractivity contribution is 7.11. The zero-order chi connectivity index (χ0) is 13.2. The van der Waals surface area contributed by atoms with Gasteiger partial charge in [0.05, 0.1) is 0 Å². The maximum absolute atomic E-state index is 11.8. The van der Waals surface area contributed by atoms with E-state index in [-0.39, 0.29) is 28.1 Å². The van der Waals surface area contributed by atoms with Crippen LogP contribution in [0.1, 0.15) is 48.0 Å². The second kappa shape index (κ2) is 4.83. The van der Waals surface area contributed by atoms with Crippen LogP contribution in [-0.4, -0.2) is 28.0 Å². The minimum Gasteiger partial charge on any atom is -0.476 e. The van der Waals surface area contributed by atoms with Gasteiger partial charge in [-0.3, -0.25) is 4.79 Å². The Morgan fingerprint density at radius 2 is 2.06 bits per heavy atom. The Hall–Kier alpha value is -1.43. The van der Waals surface area contributed by atoms with Crippen molar-refractivity contribution in [3.63, 3.8) is 0 Å². The molecule has 1 atom stereocenters. The van der Waals surface area contributed by atoms with Crippen molar-refractivity contribution in [3.05, 3.63) is 16.1 Å². The first-order chi connectivity index (χ1) is 7.71. The molecular formula is C11H16N2O3S. The molecule has 0 saturated carbocycles. The van der Waals surface area contributed by atoms with E-state index in [0.717, 1.165) is 11.3 Å². The van der Waals surface area contributed by atoms with Crippen LogP contribution in [0.3, 0.4) is 0 Å². The van der Waals surface area contributed by atoms with Gasteiger partial charge in [-0.1, -0.05) is 20.8 Å². The fraction of sp³-hybridized carbons (Fsp3) is 0.545. The molecule has 17 heavy (non-hydrogen) atoms. The van der Waals surface area contributed by atoms with Gasteiger partial charge < -0.3 is 10.4 Å². The molecule has 2 N–H and O–H groups in total. The number of rotatable bonds is 3. The number of hydrogen-bond acceptors (Lipinski definition) is 4. The number of hydrogen-bond donors (Lipinski definition) is 2. The lowest BCUT2D eigenvalue weighted by Gasteiger charge is -2.27. The molecule has 1 heterocycles. The average Bonchev–Trinajstić information content (AvgIpc) is 2.64. The molecule has 1 aromatic rings. The first kappa shape index (κ1) is 13.6. The second-order valence-electron chi connectivity index (χ2n) is 4.90. The van der Waals surface area contributed by atoms with Crippen LogP contribution in [0.2, 0.25) is 0 Å². The van der Waals surface area contributed by atoms with Crippen molar-refractivity contribution in [2.24, 2.45) is 5.41 Å². The number of carbonyl (C=O) groups excluding carboxylic acids is 1. The summed E-state index contributed by atoms with van der Waals surface area (Å²) in [6.07, 6.45) is 0. The number of thiazole rings is 1. The number of nitrogens with one attached hydrogen (secondary N) is 1. The van der Waals surface area contributed by atoms with E-state index in [4.69, 9.17) is 5.11 Å². The van der Waals surface area contributed by atoms with Gasteiger partial charge in [0, 0.05) is 11.4 Å². The standard InChI is InChI=1S/C11H16N2O3S/c1-6(11(2,3)4)12-8(14)9-13-7(5-17-9)10(15)16/h5-6H,1-4H3,(H,12,14)(H,15,16). The van der Waals surface area contributed by atoms with Crippen LogP contribution in [0.25, 0.3) is 0 Å². The van der Waals surface area contributed by atoms with E-state index in [1.54, 1.807) is 0 Å². The Labute approximate surface area is 104 Å². The summed E-state index contributed by atoms with van der Waals surface area (Å²) in [5.41, 5.74) is -0.147. The predicted octanol–water partition coefficient (Wildman–Crippen LogP) is 2.01. The zero-order valence-corrected chi connectivity index (χ0v) is 11.1. The monoisotopic (exact) mass is 256 g/mol. The van der Waals surface area contributed by atoms with Crippen LogP contribution >= 0.6 is 11.3 Å². The van der Waals surface area contributed by atoms with Gasteiger partial charge in [-0.05, 0) is 12.3 Å². The van der Waals surface area contributed by atoms with Crippen LogP contribution in [0.4, 0.5) is 0 Å². The second-order valence-corrected chi connectivity index (χ2v) is 5.76. The van der Waals surface area contributed by atoms with Crippen molar-refractivity contribution in [2.75, 3.05) is 0 Å². The van der Waals surface area contributed by atoms with Gasteiger partial charge in [0.15, 0.2) is 10.7 Å². The molecule has 6 heteroatoms. The third-order valence-corrected chi connectivity index (χ3v) is 3.41. The van der Waals surface area contributed by atoms with Crippen molar-refractivity contribution in [3.8, 4) is 0 Å². The summed E-state index contributed by atoms with van der Waals surface area (Å²) in [5.74, 6) is -1.45. The Kier molecular flexibility index (Phi) is 3.87. The Balaban J connectivity index is 2.73. The number of carboxylic acid groups (broad SMARTS) is 1. The molecule has 0 aromatic carbocycles. The molecule has 0 saturated heterocycles. The summed E-state index contributed by atoms with van der Waals surface area (Å²) in [7, 11) is 0. The molecule has 0 radical (unpaired) electrons. The van der Waals surface area contributed by atoms with E-state index in [1.807, 2.05) is 27.7 Å². The molecule has 0 aliphatic heterocycles. The first-order valence-corrected chi connectivity index (χ1v) is 6.09. The summed E-state index contributed by atoms with van der Waals surface area (Å²) in [6, 6.07) is -0.0211. The largest absolute Gasteiger partial charge is 0.476 e. The highest BCUT2D eigenvalue weighted by Crippen LogP contribution is 2.19. The molecule has 0 fully saturated rings. The lowest BCUT2D eigenvalue weighted by atomic mass is 9.88. The van der Waals surface area contributed by atoms with E-state index in [0.29, 0.717) is 0 Å². The van der Waals surface area contributed by atoms with Crippen LogP contribution in [0.5, 0.6) is 0 Å². The summed E-state index contributed by atoms with van der Waals surface area (Å²) < 4.78 is 0. The van der Waals surface area contributed by atoms with Crippen molar-refractivity contribution in [1.82, 2.24) is 10.3 Å². The van der Waals surface area contributed by atoms with E-state index >= 15 is 0 Å². The summed E-state index contributed by atoms with van der Waals surface area (Å²) in [4.78, 5) is 26.2. The SMILES string of the molecule is CC(NC(=O)c1nc(C(=O)O)cs1)C(C)(C)C. The maximum Gasteiger partial charge on any atom is 0.355 e. The van der Waals surface area contributed by atoms with Gasteiger partial charge in [0.1, 0.15) is 0 Å². The minimum atomic E-state index is -1.12. The predicted molar refractivity (Wildman–Crippen MR) is 65.5 cm³/mol. The molecule has 0 spiro atoms. The van der Waals surface area contributed by atoms with Crippen LogP contribution in [-0.2, 0) is 0 Å². The number of aromatic carboxylic acids is 1. The molecule has 1 amide bonds. The molecule has 1 rings (SSSR count). The Morgan fingerprint density at radius 3 is 2.47 bits per heavy atom. The molecule has 1 aromatic heterocycles. The number of carboxylic acids is 1. The van der Waals surface area contributed by atoms with Crippen molar-refractivity contribution >= 4 is 23.2 Å². The van der Waals surface area contributed by atoms with Crippen molar-refractivity contribution in [2.45, 2.75) is 33.7 Å². The molecule has 0 aliphatic rings. The fourth-order valence-corrected chi connectivity index (χ4v) is 1.64. The van der Waals surface area contributed by atoms with Crippen molar-refractivity contribution < 1.29 is 14.7 Å². The molecule has 1 unspecified atom stereocenters. The number of amides is 1. The zero-order valence-electron chi connectivity index (χ0n) is 10.3. The number of aromatic nitrogens is 1. The third kappa shape index (κ3) is 3.52. The summed E-state index contributed by atoms with van der Waals surface area (Å²) in [5, 5.41) is 13.0. The lowest BCUT2D eigenvalue weighted by molar-refractivity contribution is 0.0691. The summed E-state index contributed by atoms with van der Waals surface area (Å²) in [6.45, 7) is 7.96. The highest BCUT2D eigenvalue weighted by atomic mass is 32.1. The molecule has 5 nitrogen and oxygen atoms in total. The minimum absolute atomic E-state index is 0.0211. The molecule has 94 valence electrons. The molecule has 0 aliphatic carbocycles. The fourth-order valence-electron chi connectivity index (χ4n) is 0.951. The van der Waals surface area contributed by atoms with Gasteiger partial charge in [-0.2, -0.15) is 0 Å². The number of nitrogens with zero attached hydrogens (tertiary/aromatic N) is 1. The number of carbonyl (C=O) groups is 2. The van der Waals surface area contributed by atoms with Crippen molar-refractivity contribution in [1.29, 1.82) is 0 Å². The quantitative estimate of drug-likeness (QED) is 0.867. The van der Waals surface area contributed by atoms with E-state index in [9.17, 15) is 9.59 Å². The maximum atomic E-state index is 11.8.